The molecule has 2 heterocycles. The number of amides is 1. The van der Waals surface area contributed by atoms with Gasteiger partial charge in [0.15, 0.2) is 5.69 Å². The van der Waals surface area contributed by atoms with Crippen molar-refractivity contribution in [2.75, 3.05) is 19.6 Å². The number of carbonyl (C=O) groups is 1. The van der Waals surface area contributed by atoms with Gasteiger partial charge in [0.25, 0.3) is 5.91 Å². The van der Waals surface area contributed by atoms with Gasteiger partial charge in [-0.3, -0.25) is 9.48 Å². The lowest BCUT2D eigenvalue weighted by Gasteiger charge is -2.30. The molecule has 1 amide bonds. The maximum Gasteiger partial charge on any atom is 0.274 e. The van der Waals surface area contributed by atoms with Crippen molar-refractivity contribution in [3.8, 4) is 0 Å². The Labute approximate surface area is 111 Å². The summed E-state index contributed by atoms with van der Waals surface area (Å²) in [4.78, 5) is 16.9. The first-order valence-corrected chi connectivity index (χ1v) is 6.42. The summed E-state index contributed by atoms with van der Waals surface area (Å²) in [7, 11) is 1.83. The Morgan fingerprint density at radius 3 is 2.79 bits per heavy atom. The van der Waals surface area contributed by atoms with E-state index < -0.39 is 0 Å². The maximum atomic E-state index is 12.3. The van der Waals surface area contributed by atoms with Crippen LogP contribution in [-0.2, 0) is 7.05 Å². The average Bonchev–Trinajstić information content (AvgIpc) is 2.76. The zero-order valence-corrected chi connectivity index (χ0v) is 11.3. The first-order chi connectivity index (χ1) is 9.11. The fourth-order valence-corrected chi connectivity index (χ4v) is 2.30. The van der Waals surface area contributed by atoms with E-state index in [9.17, 15) is 4.79 Å². The molecular weight excluding hydrogens is 244 g/mol. The number of rotatable bonds is 3. The third-order valence-electron chi connectivity index (χ3n) is 3.64. The van der Waals surface area contributed by atoms with Crippen molar-refractivity contribution in [3.63, 3.8) is 0 Å². The van der Waals surface area contributed by atoms with Crippen molar-refractivity contribution in [1.82, 2.24) is 14.7 Å². The molecule has 0 N–H and O–H groups in total. The Morgan fingerprint density at radius 2 is 2.26 bits per heavy atom. The normalized spacial score (nSPS) is 16.2. The van der Waals surface area contributed by atoms with Crippen LogP contribution in [0.15, 0.2) is 11.2 Å². The third-order valence-corrected chi connectivity index (χ3v) is 3.64. The summed E-state index contributed by atoms with van der Waals surface area (Å²) in [6.07, 6.45) is 1.77. The summed E-state index contributed by atoms with van der Waals surface area (Å²) >= 11 is 0. The third kappa shape index (κ3) is 3.06. The van der Waals surface area contributed by atoms with Crippen LogP contribution < -0.4 is 0 Å². The fraction of sp³-hybridized carbons (Fsp3) is 0.667. The molecule has 1 aliphatic heterocycles. The van der Waals surface area contributed by atoms with E-state index in [4.69, 9.17) is 5.53 Å². The molecule has 1 aromatic heterocycles. The Kier molecular flexibility index (Phi) is 4.06. The van der Waals surface area contributed by atoms with E-state index in [2.05, 4.69) is 15.1 Å². The van der Waals surface area contributed by atoms with Crippen molar-refractivity contribution in [3.05, 3.63) is 27.9 Å². The van der Waals surface area contributed by atoms with Crippen molar-refractivity contribution >= 4 is 5.91 Å². The van der Waals surface area contributed by atoms with E-state index in [1.807, 2.05) is 24.9 Å². The van der Waals surface area contributed by atoms with Crippen molar-refractivity contribution < 1.29 is 4.79 Å². The van der Waals surface area contributed by atoms with Crippen molar-refractivity contribution in [2.24, 2.45) is 18.1 Å². The quantitative estimate of drug-likeness (QED) is 0.473. The molecule has 1 saturated heterocycles. The number of piperidine rings is 1. The minimum Gasteiger partial charge on any atom is -0.337 e. The summed E-state index contributed by atoms with van der Waals surface area (Å²) in [5.74, 6) is 0.386. The van der Waals surface area contributed by atoms with Gasteiger partial charge >= 0.3 is 0 Å². The summed E-state index contributed by atoms with van der Waals surface area (Å²) in [6, 6.07) is 1.81. The van der Waals surface area contributed by atoms with Gasteiger partial charge in [0, 0.05) is 37.3 Å². The number of azide groups is 1. The molecule has 19 heavy (non-hydrogen) atoms. The second-order valence-electron chi connectivity index (χ2n) is 4.94. The van der Waals surface area contributed by atoms with Gasteiger partial charge in [-0.2, -0.15) is 5.10 Å². The van der Waals surface area contributed by atoms with Crippen molar-refractivity contribution in [1.29, 1.82) is 0 Å². The molecule has 1 aromatic rings. The molecule has 0 radical (unpaired) electrons. The van der Waals surface area contributed by atoms with Crippen LogP contribution in [0.3, 0.4) is 0 Å². The predicted octanol–water partition coefficient (Wildman–Crippen LogP) is 1.89. The number of hydrogen-bond acceptors (Lipinski definition) is 3. The standard InChI is InChI=1S/C12H18N6O/c1-9-7-11(15-17(9)2)12(19)18-5-3-10(4-6-18)8-14-16-13/h7,10H,3-6,8H2,1-2H3. The topological polar surface area (TPSA) is 86.9 Å². The zero-order chi connectivity index (χ0) is 13.8. The molecule has 2 rings (SSSR count). The highest BCUT2D eigenvalue weighted by Crippen LogP contribution is 2.19. The first-order valence-electron chi connectivity index (χ1n) is 6.42. The van der Waals surface area contributed by atoms with Crippen LogP contribution in [0, 0.1) is 12.8 Å². The Morgan fingerprint density at radius 1 is 1.58 bits per heavy atom. The molecule has 0 saturated carbocycles. The molecule has 7 heteroatoms. The van der Waals surface area contributed by atoms with Crippen LogP contribution in [0.5, 0.6) is 0 Å². The lowest BCUT2D eigenvalue weighted by Crippen LogP contribution is -2.39. The number of carbonyl (C=O) groups excluding carboxylic acids is 1. The van der Waals surface area contributed by atoms with Gasteiger partial charge in [-0.25, -0.2) is 0 Å². The van der Waals surface area contributed by atoms with Gasteiger partial charge in [-0.05, 0) is 37.3 Å². The average molecular weight is 262 g/mol. The van der Waals surface area contributed by atoms with E-state index in [0.29, 0.717) is 31.2 Å². The van der Waals surface area contributed by atoms with Gasteiger partial charge in [-0.1, -0.05) is 5.11 Å². The molecule has 1 aliphatic rings. The predicted molar refractivity (Wildman–Crippen MR) is 70.6 cm³/mol. The molecule has 0 aliphatic carbocycles. The smallest absolute Gasteiger partial charge is 0.274 e. The maximum absolute atomic E-state index is 12.3. The summed E-state index contributed by atoms with van der Waals surface area (Å²) in [5, 5.41) is 7.81. The van der Waals surface area contributed by atoms with Gasteiger partial charge in [0.2, 0.25) is 0 Å². The Bertz CT molecular complexity index is 489. The first kappa shape index (κ1) is 13.4. The summed E-state index contributed by atoms with van der Waals surface area (Å²) in [5.41, 5.74) is 9.78. The molecule has 0 atom stereocenters. The van der Waals surface area contributed by atoms with Crippen LogP contribution in [0.1, 0.15) is 29.0 Å². The number of nitrogens with zero attached hydrogens (tertiary/aromatic N) is 6. The summed E-state index contributed by atoms with van der Waals surface area (Å²) in [6.45, 7) is 3.87. The van der Waals surface area contributed by atoms with E-state index in [1.54, 1.807) is 4.68 Å². The summed E-state index contributed by atoms with van der Waals surface area (Å²) < 4.78 is 1.71. The second-order valence-corrected chi connectivity index (χ2v) is 4.94. The van der Waals surface area contributed by atoms with Gasteiger partial charge in [0.1, 0.15) is 0 Å². The number of hydrogen-bond donors (Lipinski definition) is 0. The minimum absolute atomic E-state index is 0.00839. The van der Waals surface area contributed by atoms with Gasteiger partial charge < -0.3 is 4.90 Å². The minimum atomic E-state index is -0.00839. The molecule has 0 bridgehead atoms. The van der Waals surface area contributed by atoms with Gasteiger partial charge in [-0.15, -0.1) is 0 Å². The number of aromatic nitrogens is 2. The van der Waals surface area contributed by atoms with Crippen molar-refractivity contribution in [2.45, 2.75) is 19.8 Å². The Balaban J connectivity index is 1.94. The molecular formula is C12H18N6O. The van der Waals surface area contributed by atoms with Gasteiger partial charge in [0.05, 0.1) is 0 Å². The van der Waals surface area contributed by atoms with Crippen LogP contribution in [0.4, 0.5) is 0 Å². The molecule has 0 unspecified atom stereocenters. The van der Waals surface area contributed by atoms with E-state index >= 15 is 0 Å². The molecule has 7 nitrogen and oxygen atoms in total. The monoisotopic (exact) mass is 262 g/mol. The lowest BCUT2D eigenvalue weighted by molar-refractivity contribution is 0.0686. The van der Waals surface area contributed by atoms with E-state index in [1.165, 1.54) is 0 Å². The molecule has 0 spiro atoms. The van der Waals surface area contributed by atoms with Crippen LogP contribution in [0.25, 0.3) is 10.4 Å². The van der Waals surface area contributed by atoms with E-state index in [-0.39, 0.29) is 5.91 Å². The van der Waals surface area contributed by atoms with Crippen LogP contribution in [0.2, 0.25) is 0 Å². The highest BCUT2D eigenvalue weighted by atomic mass is 16.2. The highest BCUT2D eigenvalue weighted by Gasteiger charge is 2.24. The zero-order valence-electron chi connectivity index (χ0n) is 11.3. The highest BCUT2D eigenvalue weighted by molar-refractivity contribution is 5.92. The molecule has 102 valence electrons. The van der Waals surface area contributed by atoms with E-state index in [0.717, 1.165) is 18.5 Å². The number of aryl methyl sites for hydroxylation is 2. The Hall–Kier alpha value is -2.01. The SMILES string of the molecule is Cc1cc(C(=O)N2CCC(CN=[N+]=[N-])CC2)nn1C. The lowest BCUT2D eigenvalue weighted by atomic mass is 9.97. The molecule has 0 aromatic carbocycles. The van der Waals surface area contributed by atoms with Crippen LogP contribution in [-0.4, -0.2) is 40.2 Å². The second kappa shape index (κ2) is 5.75. The molecule has 1 fully saturated rings. The fourth-order valence-electron chi connectivity index (χ4n) is 2.30. The van der Waals surface area contributed by atoms with Crippen LogP contribution >= 0.6 is 0 Å². The largest absolute Gasteiger partial charge is 0.337 e. The number of likely N-dealkylation sites (tertiary alicyclic amines) is 1.